The first-order valence-electron chi connectivity index (χ1n) is 5.90. The number of hydrogen-bond donors (Lipinski definition) is 1. The maximum absolute atomic E-state index is 11.7. The molecule has 0 saturated carbocycles. The van der Waals surface area contributed by atoms with Crippen molar-refractivity contribution in [3.63, 3.8) is 0 Å². The number of hydrogen-bond acceptors (Lipinski definition) is 5. The summed E-state index contributed by atoms with van der Waals surface area (Å²) in [6.07, 6.45) is 3.20. The zero-order valence-corrected chi connectivity index (χ0v) is 10.6. The molecule has 1 heterocycles. The van der Waals surface area contributed by atoms with Crippen LogP contribution in [-0.4, -0.2) is 42.3 Å². The molecule has 1 aromatic heterocycles. The van der Waals surface area contributed by atoms with E-state index in [1.54, 1.807) is 19.1 Å². The predicted molar refractivity (Wildman–Crippen MR) is 67.2 cm³/mol. The number of furan rings is 1. The molecule has 0 bridgehead atoms. The van der Waals surface area contributed by atoms with E-state index < -0.39 is 0 Å². The molecule has 0 aromatic carbocycles. The Morgan fingerprint density at radius 3 is 3.06 bits per heavy atom. The largest absolute Gasteiger partial charge is 0.467 e. The van der Waals surface area contributed by atoms with Gasteiger partial charge in [0.2, 0.25) is 0 Å². The first kappa shape index (κ1) is 14.5. The van der Waals surface area contributed by atoms with Crippen LogP contribution in [0, 0.1) is 0 Å². The number of ether oxygens (including phenoxy) is 1. The zero-order chi connectivity index (χ0) is 13.4. The average Bonchev–Trinajstić information content (AvgIpc) is 2.78. The summed E-state index contributed by atoms with van der Waals surface area (Å²) in [4.78, 5) is 13.6. The van der Waals surface area contributed by atoms with Gasteiger partial charge in [-0.1, -0.05) is 6.08 Å². The maximum Gasteiger partial charge on any atom is 0.341 e. The van der Waals surface area contributed by atoms with Gasteiger partial charge in [0.15, 0.2) is 0 Å². The highest BCUT2D eigenvalue weighted by Crippen LogP contribution is 2.14. The van der Waals surface area contributed by atoms with Crippen molar-refractivity contribution >= 4 is 5.97 Å². The Balaban J connectivity index is 2.73. The third kappa shape index (κ3) is 4.01. The number of esters is 1. The predicted octanol–water partition coefficient (Wildman–Crippen LogP) is 1.44. The van der Waals surface area contributed by atoms with Crippen molar-refractivity contribution in [1.82, 2.24) is 4.90 Å². The van der Waals surface area contributed by atoms with Gasteiger partial charge in [0.25, 0.3) is 0 Å². The van der Waals surface area contributed by atoms with E-state index in [2.05, 4.69) is 6.58 Å². The summed E-state index contributed by atoms with van der Waals surface area (Å²) < 4.78 is 10.2. The molecule has 0 unspecified atom stereocenters. The summed E-state index contributed by atoms with van der Waals surface area (Å²) in [6, 6.07) is 1.60. The van der Waals surface area contributed by atoms with E-state index in [4.69, 9.17) is 14.3 Å². The van der Waals surface area contributed by atoms with E-state index in [0.29, 0.717) is 37.6 Å². The van der Waals surface area contributed by atoms with E-state index >= 15 is 0 Å². The molecule has 100 valence electrons. The lowest BCUT2D eigenvalue weighted by Gasteiger charge is -2.18. The van der Waals surface area contributed by atoms with Crippen LogP contribution in [0.4, 0.5) is 0 Å². The van der Waals surface area contributed by atoms with Crippen LogP contribution < -0.4 is 0 Å². The standard InChI is InChI=1S/C13H19NO4/c1-3-6-14(7-8-15)10-12-11(5-9-18-12)13(16)17-4-2/h3,5,9,15H,1,4,6-8,10H2,2H3. The zero-order valence-electron chi connectivity index (χ0n) is 10.6. The SMILES string of the molecule is C=CCN(CCO)Cc1occc1C(=O)OCC. The van der Waals surface area contributed by atoms with Gasteiger partial charge in [0.05, 0.1) is 26.0 Å². The second-order valence-electron chi connectivity index (χ2n) is 3.73. The van der Waals surface area contributed by atoms with Gasteiger partial charge < -0.3 is 14.3 Å². The molecule has 0 spiro atoms. The number of rotatable bonds is 8. The Kier molecular flexibility index (Phi) is 6.18. The molecule has 0 aliphatic heterocycles. The van der Waals surface area contributed by atoms with Crippen LogP contribution in [0.5, 0.6) is 0 Å². The normalized spacial score (nSPS) is 10.6. The van der Waals surface area contributed by atoms with E-state index in [1.165, 1.54) is 6.26 Å². The average molecular weight is 253 g/mol. The molecule has 1 rings (SSSR count). The maximum atomic E-state index is 11.7. The number of nitrogens with zero attached hydrogens (tertiary/aromatic N) is 1. The monoisotopic (exact) mass is 253 g/mol. The number of aliphatic hydroxyl groups excluding tert-OH is 1. The Morgan fingerprint density at radius 1 is 1.67 bits per heavy atom. The van der Waals surface area contributed by atoms with Gasteiger partial charge in [-0.3, -0.25) is 4.90 Å². The molecule has 5 nitrogen and oxygen atoms in total. The second-order valence-corrected chi connectivity index (χ2v) is 3.73. The van der Waals surface area contributed by atoms with E-state index in [1.807, 2.05) is 4.90 Å². The first-order chi connectivity index (χ1) is 8.72. The minimum atomic E-state index is -0.385. The molecule has 0 amide bonds. The smallest absolute Gasteiger partial charge is 0.341 e. The topological polar surface area (TPSA) is 62.9 Å². The molecule has 0 saturated heterocycles. The number of aliphatic hydroxyl groups is 1. The molecule has 1 aromatic rings. The summed E-state index contributed by atoms with van der Waals surface area (Å²) in [6.45, 7) is 7.33. The molecule has 0 aliphatic rings. The van der Waals surface area contributed by atoms with Crippen molar-refractivity contribution < 1.29 is 19.1 Å². The highest BCUT2D eigenvalue weighted by molar-refractivity contribution is 5.90. The van der Waals surface area contributed by atoms with Crippen molar-refractivity contribution in [1.29, 1.82) is 0 Å². The van der Waals surface area contributed by atoms with Crippen molar-refractivity contribution in [2.75, 3.05) is 26.3 Å². The third-order valence-corrected chi connectivity index (χ3v) is 2.41. The van der Waals surface area contributed by atoms with Crippen molar-refractivity contribution in [3.8, 4) is 0 Å². The van der Waals surface area contributed by atoms with Crippen LogP contribution in [0.2, 0.25) is 0 Å². The summed E-state index contributed by atoms with van der Waals surface area (Å²) in [7, 11) is 0. The van der Waals surface area contributed by atoms with Crippen molar-refractivity contribution in [3.05, 3.63) is 36.3 Å². The van der Waals surface area contributed by atoms with Gasteiger partial charge >= 0.3 is 5.97 Å². The Bertz CT molecular complexity index is 386. The minimum absolute atomic E-state index is 0.0449. The van der Waals surface area contributed by atoms with Crippen molar-refractivity contribution in [2.24, 2.45) is 0 Å². The highest BCUT2D eigenvalue weighted by Gasteiger charge is 2.17. The summed E-state index contributed by atoms with van der Waals surface area (Å²) >= 11 is 0. The fourth-order valence-electron chi connectivity index (χ4n) is 1.62. The van der Waals surface area contributed by atoms with E-state index in [9.17, 15) is 4.79 Å². The number of carbonyl (C=O) groups excluding carboxylic acids is 1. The first-order valence-corrected chi connectivity index (χ1v) is 5.90. The molecule has 1 N–H and O–H groups in total. The van der Waals surface area contributed by atoms with E-state index in [-0.39, 0.29) is 12.6 Å². The summed E-state index contributed by atoms with van der Waals surface area (Å²) in [5.41, 5.74) is 0.434. The fourth-order valence-corrected chi connectivity index (χ4v) is 1.62. The van der Waals surface area contributed by atoms with Crippen LogP contribution >= 0.6 is 0 Å². The summed E-state index contributed by atoms with van der Waals surface area (Å²) in [5.74, 6) is 0.160. The molecular weight excluding hydrogens is 234 g/mol. The van der Waals surface area contributed by atoms with Crippen LogP contribution in [0.25, 0.3) is 0 Å². The van der Waals surface area contributed by atoms with Crippen LogP contribution in [-0.2, 0) is 11.3 Å². The van der Waals surface area contributed by atoms with Crippen LogP contribution in [0.1, 0.15) is 23.0 Å². The quantitative estimate of drug-likeness (QED) is 0.561. The van der Waals surface area contributed by atoms with Crippen LogP contribution in [0.15, 0.2) is 29.4 Å². The minimum Gasteiger partial charge on any atom is -0.467 e. The molecule has 0 fully saturated rings. The second kappa shape index (κ2) is 7.68. The Morgan fingerprint density at radius 2 is 2.44 bits per heavy atom. The van der Waals surface area contributed by atoms with Gasteiger partial charge in [0, 0.05) is 13.1 Å². The summed E-state index contributed by atoms with van der Waals surface area (Å²) in [5, 5.41) is 8.96. The van der Waals surface area contributed by atoms with Gasteiger partial charge in [-0.2, -0.15) is 0 Å². The Labute approximate surface area is 107 Å². The molecule has 5 heteroatoms. The van der Waals surface area contributed by atoms with Crippen molar-refractivity contribution in [2.45, 2.75) is 13.5 Å². The molecule has 0 atom stereocenters. The lowest BCUT2D eigenvalue weighted by atomic mass is 10.2. The lowest BCUT2D eigenvalue weighted by Crippen LogP contribution is -2.27. The molecular formula is C13H19NO4. The molecule has 0 radical (unpaired) electrons. The van der Waals surface area contributed by atoms with E-state index in [0.717, 1.165) is 0 Å². The van der Waals surface area contributed by atoms with Crippen LogP contribution in [0.3, 0.4) is 0 Å². The van der Waals surface area contributed by atoms with Gasteiger partial charge in [0.1, 0.15) is 11.3 Å². The van der Waals surface area contributed by atoms with Gasteiger partial charge in [-0.25, -0.2) is 4.79 Å². The molecule has 0 aliphatic carbocycles. The lowest BCUT2D eigenvalue weighted by molar-refractivity contribution is 0.0522. The molecule has 18 heavy (non-hydrogen) atoms. The van der Waals surface area contributed by atoms with Gasteiger partial charge in [-0.05, 0) is 13.0 Å². The third-order valence-electron chi connectivity index (χ3n) is 2.41. The fraction of sp³-hybridized carbons (Fsp3) is 0.462. The Hall–Kier alpha value is -1.59. The number of carbonyl (C=O) groups is 1. The van der Waals surface area contributed by atoms with Gasteiger partial charge in [-0.15, -0.1) is 6.58 Å². The highest BCUT2D eigenvalue weighted by atomic mass is 16.5.